The van der Waals surface area contributed by atoms with Gasteiger partial charge in [-0.25, -0.2) is 4.79 Å². The fourth-order valence-electron chi connectivity index (χ4n) is 2.40. The van der Waals surface area contributed by atoms with Gasteiger partial charge < -0.3 is 15.4 Å². The molecule has 0 aromatic heterocycles. The molecule has 0 radical (unpaired) electrons. The first-order chi connectivity index (χ1) is 9.24. The Labute approximate surface area is 111 Å². The van der Waals surface area contributed by atoms with Crippen molar-refractivity contribution in [2.45, 2.75) is 12.5 Å². The minimum atomic E-state index is -0.315. The third kappa shape index (κ3) is 2.39. The van der Waals surface area contributed by atoms with Crippen molar-refractivity contribution in [2.24, 2.45) is 5.73 Å². The van der Waals surface area contributed by atoms with Gasteiger partial charge in [0.25, 0.3) is 0 Å². The van der Waals surface area contributed by atoms with E-state index in [1.165, 1.54) is 0 Å². The summed E-state index contributed by atoms with van der Waals surface area (Å²) in [6, 6.07) is 13.6. The van der Waals surface area contributed by atoms with E-state index in [-0.39, 0.29) is 12.1 Å². The number of nitrogens with zero attached hydrogens (tertiary/aromatic N) is 1. The molecule has 0 unspecified atom stereocenters. The monoisotopic (exact) mass is 256 g/mol. The molecule has 1 aliphatic rings. The predicted molar refractivity (Wildman–Crippen MR) is 74.1 cm³/mol. The molecule has 0 spiro atoms. The summed E-state index contributed by atoms with van der Waals surface area (Å²) in [7, 11) is 0. The van der Waals surface area contributed by atoms with E-state index in [2.05, 4.69) is 0 Å². The molecule has 2 aromatic carbocycles. The molecule has 0 saturated carbocycles. The summed E-state index contributed by atoms with van der Waals surface area (Å²) in [5.41, 5.74) is 5.80. The van der Waals surface area contributed by atoms with Gasteiger partial charge in [-0.1, -0.05) is 36.4 Å². The summed E-state index contributed by atoms with van der Waals surface area (Å²) < 4.78 is 5.49. The molecule has 1 atom stereocenters. The summed E-state index contributed by atoms with van der Waals surface area (Å²) in [6.45, 7) is 1.24. The number of amides is 1. The van der Waals surface area contributed by atoms with Crippen molar-refractivity contribution < 1.29 is 9.53 Å². The first-order valence-corrected chi connectivity index (χ1v) is 6.44. The molecule has 19 heavy (non-hydrogen) atoms. The maximum Gasteiger partial charge on any atom is 0.415 e. The van der Waals surface area contributed by atoms with E-state index < -0.39 is 0 Å². The summed E-state index contributed by atoms with van der Waals surface area (Å²) in [6.07, 6.45) is 0.522. The quantitative estimate of drug-likeness (QED) is 0.852. The average molecular weight is 256 g/mol. The summed E-state index contributed by atoms with van der Waals surface area (Å²) in [5.74, 6) is 0.601. The number of likely N-dealkylation sites (tertiary alicyclic amines) is 1. The lowest BCUT2D eigenvalue weighted by molar-refractivity contribution is 0.163. The maximum absolute atomic E-state index is 12.1. The van der Waals surface area contributed by atoms with Crippen molar-refractivity contribution in [3.05, 3.63) is 42.5 Å². The molecular formula is C15H16N2O2. The molecule has 4 heteroatoms. The Balaban J connectivity index is 1.83. The van der Waals surface area contributed by atoms with Crippen LogP contribution in [0.25, 0.3) is 10.8 Å². The van der Waals surface area contributed by atoms with Crippen LogP contribution in [0.3, 0.4) is 0 Å². The van der Waals surface area contributed by atoms with Crippen LogP contribution in [0.4, 0.5) is 4.79 Å². The third-order valence-electron chi connectivity index (χ3n) is 3.43. The Kier molecular flexibility index (Phi) is 3.09. The average Bonchev–Trinajstić information content (AvgIpc) is 2.86. The Morgan fingerprint density at radius 1 is 1.21 bits per heavy atom. The van der Waals surface area contributed by atoms with Crippen LogP contribution in [0.15, 0.2) is 42.5 Å². The van der Waals surface area contributed by atoms with Crippen LogP contribution in [-0.4, -0.2) is 30.1 Å². The molecule has 0 bridgehead atoms. The number of benzene rings is 2. The first-order valence-electron chi connectivity index (χ1n) is 6.44. The Hall–Kier alpha value is -2.07. The molecule has 2 N–H and O–H groups in total. The summed E-state index contributed by atoms with van der Waals surface area (Å²) >= 11 is 0. The Morgan fingerprint density at radius 3 is 2.79 bits per heavy atom. The van der Waals surface area contributed by atoms with E-state index in [1.807, 2.05) is 42.5 Å². The van der Waals surface area contributed by atoms with Crippen molar-refractivity contribution in [3.63, 3.8) is 0 Å². The molecule has 98 valence electrons. The van der Waals surface area contributed by atoms with Crippen LogP contribution in [0.5, 0.6) is 5.75 Å². The highest BCUT2D eigenvalue weighted by molar-refractivity contribution is 5.90. The first kappa shape index (κ1) is 12.0. The molecule has 2 aromatic rings. The minimum absolute atomic E-state index is 0.0695. The van der Waals surface area contributed by atoms with Gasteiger partial charge in [-0.15, -0.1) is 0 Å². The molecule has 0 aliphatic carbocycles. The second-order valence-corrected chi connectivity index (χ2v) is 4.84. The van der Waals surface area contributed by atoms with Crippen LogP contribution < -0.4 is 10.5 Å². The number of carbonyl (C=O) groups is 1. The van der Waals surface area contributed by atoms with Crippen LogP contribution in [0.1, 0.15) is 6.42 Å². The van der Waals surface area contributed by atoms with Gasteiger partial charge in [0.05, 0.1) is 0 Å². The zero-order chi connectivity index (χ0) is 13.2. The second kappa shape index (κ2) is 4.90. The van der Waals surface area contributed by atoms with E-state index in [0.717, 1.165) is 17.2 Å². The summed E-state index contributed by atoms with van der Waals surface area (Å²) in [5, 5.41) is 2.01. The minimum Gasteiger partial charge on any atom is -0.410 e. The summed E-state index contributed by atoms with van der Waals surface area (Å²) in [4.78, 5) is 13.7. The van der Waals surface area contributed by atoms with Gasteiger partial charge in [0.2, 0.25) is 0 Å². The van der Waals surface area contributed by atoms with E-state index in [9.17, 15) is 4.79 Å². The molecule has 1 aliphatic heterocycles. The topological polar surface area (TPSA) is 55.6 Å². The molecule has 1 amide bonds. The number of hydrogen-bond acceptors (Lipinski definition) is 3. The van der Waals surface area contributed by atoms with Crippen LogP contribution in [0, 0.1) is 0 Å². The van der Waals surface area contributed by atoms with Crippen molar-refractivity contribution in [2.75, 3.05) is 13.1 Å². The molecule has 1 heterocycles. The van der Waals surface area contributed by atoms with E-state index in [1.54, 1.807) is 4.90 Å². The van der Waals surface area contributed by atoms with Crippen molar-refractivity contribution in [3.8, 4) is 5.75 Å². The number of hydrogen-bond donors (Lipinski definition) is 1. The third-order valence-corrected chi connectivity index (χ3v) is 3.43. The fraction of sp³-hybridized carbons (Fsp3) is 0.267. The van der Waals surface area contributed by atoms with Crippen molar-refractivity contribution in [1.82, 2.24) is 4.90 Å². The maximum atomic E-state index is 12.1. The normalized spacial score (nSPS) is 18.8. The standard InChI is InChI=1S/C15H16N2O2/c16-12-8-9-17(10-12)15(18)19-14-7-3-5-11-4-1-2-6-13(11)14/h1-7,12H,8-10,16H2/t12-/m1/s1. The zero-order valence-corrected chi connectivity index (χ0v) is 10.6. The van der Waals surface area contributed by atoms with Gasteiger partial charge in [0, 0.05) is 24.5 Å². The Bertz CT molecular complexity index is 607. The van der Waals surface area contributed by atoms with Crippen LogP contribution in [0.2, 0.25) is 0 Å². The fourth-order valence-corrected chi connectivity index (χ4v) is 2.40. The van der Waals surface area contributed by atoms with Gasteiger partial charge in [0.1, 0.15) is 5.75 Å². The highest BCUT2D eigenvalue weighted by Gasteiger charge is 2.25. The number of ether oxygens (including phenoxy) is 1. The van der Waals surface area contributed by atoms with Gasteiger partial charge in [-0.3, -0.25) is 0 Å². The van der Waals surface area contributed by atoms with Crippen LogP contribution in [-0.2, 0) is 0 Å². The predicted octanol–water partition coefficient (Wildman–Crippen LogP) is 2.37. The van der Waals surface area contributed by atoms with Gasteiger partial charge in [-0.2, -0.15) is 0 Å². The van der Waals surface area contributed by atoms with Gasteiger partial charge >= 0.3 is 6.09 Å². The van der Waals surface area contributed by atoms with Crippen LogP contribution >= 0.6 is 0 Å². The lowest BCUT2D eigenvalue weighted by Gasteiger charge is -2.16. The lowest BCUT2D eigenvalue weighted by atomic mass is 10.1. The van der Waals surface area contributed by atoms with Crippen molar-refractivity contribution in [1.29, 1.82) is 0 Å². The number of nitrogens with two attached hydrogens (primary N) is 1. The van der Waals surface area contributed by atoms with E-state index in [0.29, 0.717) is 18.8 Å². The second-order valence-electron chi connectivity index (χ2n) is 4.84. The highest BCUT2D eigenvalue weighted by Crippen LogP contribution is 2.26. The molecule has 3 rings (SSSR count). The SMILES string of the molecule is N[C@@H]1CCN(C(=O)Oc2cccc3ccccc23)C1. The van der Waals surface area contributed by atoms with E-state index >= 15 is 0 Å². The van der Waals surface area contributed by atoms with Gasteiger partial charge in [0.15, 0.2) is 0 Å². The smallest absolute Gasteiger partial charge is 0.410 e. The zero-order valence-electron chi connectivity index (χ0n) is 10.6. The number of rotatable bonds is 1. The number of fused-ring (bicyclic) bond motifs is 1. The molecular weight excluding hydrogens is 240 g/mol. The molecule has 1 saturated heterocycles. The molecule has 1 fully saturated rings. The van der Waals surface area contributed by atoms with Crippen molar-refractivity contribution >= 4 is 16.9 Å². The lowest BCUT2D eigenvalue weighted by Crippen LogP contribution is -2.34. The molecule has 4 nitrogen and oxygen atoms in total. The van der Waals surface area contributed by atoms with E-state index in [4.69, 9.17) is 10.5 Å². The number of carbonyl (C=O) groups excluding carboxylic acids is 1. The largest absolute Gasteiger partial charge is 0.415 e. The Morgan fingerprint density at radius 2 is 2.00 bits per heavy atom. The highest BCUT2D eigenvalue weighted by atomic mass is 16.6. The van der Waals surface area contributed by atoms with Gasteiger partial charge in [-0.05, 0) is 17.9 Å².